The van der Waals surface area contributed by atoms with Gasteiger partial charge in [0, 0.05) is 23.5 Å². The molecule has 1 aliphatic heterocycles. The number of para-hydroxylation sites is 1. The molecule has 5 rings (SSSR count). The van der Waals surface area contributed by atoms with Gasteiger partial charge in [-0.15, -0.1) is 11.3 Å². The van der Waals surface area contributed by atoms with Gasteiger partial charge in [-0.1, -0.05) is 18.2 Å². The Morgan fingerprint density at radius 2 is 1.91 bits per heavy atom. The zero-order valence-corrected chi connectivity index (χ0v) is 19.7. The standard InChI is InChI=1S/C25H24N6OS/c1-15-17(3)33-24-21(15)23(32)27-22(28-24)18(14-26)13-20-16(2)29-31(19-9-5-4-6-10-19)25(20)30-11-7-8-12-30/h4-6,9-10,13H,7-8,11-12H2,1-3H3,(H,27,28,32)/b18-13+. The zero-order chi connectivity index (χ0) is 23.1. The number of H-pyrrole nitrogens is 1. The molecule has 3 aromatic heterocycles. The first-order chi connectivity index (χ1) is 16.0. The van der Waals surface area contributed by atoms with E-state index in [1.807, 2.05) is 61.9 Å². The molecule has 4 heterocycles. The Hall–Kier alpha value is -3.70. The van der Waals surface area contributed by atoms with Crippen LogP contribution in [0.25, 0.3) is 27.6 Å². The molecule has 8 heteroatoms. The molecule has 4 aromatic rings. The molecule has 0 atom stereocenters. The Balaban J connectivity index is 1.70. The lowest BCUT2D eigenvalue weighted by Gasteiger charge is -2.20. The second kappa shape index (κ2) is 8.34. The number of aromatic nitrogens is 4. The summed E-state index contributed by atoms with van der Waals surface area (Å²) in [6, 6.07) is 12.3. The molecule has 1 fully saturated rings. The third-order valence-electron chi connectivity index (χ3n) is 6.19. The molecule has 166 valence electrons. The molecule has 0 spiro atoms. The monoisotopic (exact) mass is 456 g/mol. The van der Waals surface area contributed by atoms with E-state index in [4.69, 9.17) is 5.10 Å². The first kappa shape index (κ1) is 21.2. The zero-order valence-electron chi connectivity index (χ0n) is 18.8. The highest BCUT2D eigenvalue weighted by Crippen LogP contribution is 2.33. The van der Waals surface area contributed by atoms with Gasteiger partial charge in [-0.05, 0) is 57.4 Å². The molecule has 1 aliphatic rings. The third-order valence-corrected chi connectivity index (χ3v) is 7.29. The normalized spacial score (nSPS) is 14.2. The van der Waals surface area contributed by atoms with Crippen molar-refractivity contribution in [2.75, 3.05) is 18.0 Å². The molecule has 7 nitrogen and oxygen atoms in total. The minimum absolute atomic E-state index is 0.213. The summed E-state index contributed by atoms with van der Waals surface area (Å²) in [6.45, 7) is 7.73. The van der Waals surface area contributed by atoms with Crippen LogP contribution in [0, 0.1) is 32.1 Å². The summed E-state index contributed by atoms with van der Waals surface area (Å²) in [5, 5.41) is 15.4. The molecule has 0 aliphatic carbocycles. The van der Waals surface area contributed by atoms with E-state index in [1.54, 1.807) is 0 Å². The SMILES string of the molecule is Cc1nn(-c2ccccc2)c(N2CCCC2)c1/C=C(\C#N)c1nc2sc(C)c(C)c2c(=O)[nH]1. The summed E-state index contributed by atoms with van der Waals surface area (Å²) >= 11 is 1.48. The number of fused-ring (bicyclic) bond motifs is 1. The molecule has 1 aromatic carbocycles. The molecular weight excluding hydrogens is 432 g/mol. The van der Waals surface area contributed by atoms with Crippen LogP contribution in [0.5, 0.6) is 0 Å². The van der Waals surface area contributed by atoms with Crippen molar-refractivity contribution in [3.8, 4) is 11.8 Å². The maximum absolute atomic E-state index is 12.8. The Kier molecular flexibility index (Phi) is 5.35. The Morgan fingerprint density at radius 1 is 1.18 bits per heavy atom. The summed E-state index contributed by atoms with van der Waals surface area (Å²) in [4.78, 5) is 24.3. The minimum atomic E-state index is -0.213. The van der Waals surface area contributed by atoms with Gasteiger partial charge in [0.1, 0.15) is 16.7 Å². The molecule has 0 unspecified atom stereocenters. The van der Waals surface area contributed by atoms with Crippen molar-refractivity contribution in [3.05, 3.63) is 68.2 Å². The molecular formula is C25H24N6OS. The number of thiophene rings is 1. The average Bonchev–Trinajstić information content (AvgIpc) is 3.51. The summed E-state index contributed by atoms with van der Waals surface area (Å²) in [5.41, 5.74) is 3.70. The van der Waals surface area contributed by atoms with E-state index in [0.717, 1.165) is 59.1 Å². The van der Waals surface area contributed by atoms with Crippen molar-refractivity contribution in [2.24, 2.45) is 0 Å². The molecule has 0 bridgehead atoms. The van der Waals surface area contributed by atoms with Crippen molar-refractivity contribution >= 4 is 39.0 Å². The number of nitrogens with one attached hydrogen (secondary N) is 1. The number of hydrogen-bond donors (Lipinski definition) is 1. The second-order valence-corrected chi connectivity index (χ2v) is 9.52. The van der Waals surface area contributed by atoms with E-state index in [1.165, 1.54) is 11.3 Å². The summed E-state index contributed by atoms with van der Waals surface area (Å²) in [6.07, 6.45) is 4.05. The van der Waals surface area contributed by atoms with E-state index >= 15 is 0 Å². The van der Waals surface area contributed by atoms with Gasteiger partial charge in [0.15, 0.2) is 5.82 Å². The number of anilines is 1. The van der Waals surface area contributed by atoms with Gasteiger partial charge in [0.05, 0.1) is 22.3 Å². The van der Waals surface area contributed by atoms with E-state index in [0.29, 0.717) is 15.8 Å². The molecule has 0 amide bonds. The van der Waals surface area contributed by atoms with Crippen LogP contribution in [0.4, 0.5) is 5.82 Å². The molecule has 1 saturated heterocycles. The lowest BCUT2D eigenvalue weighted by atomic mass is 10.1. The van der Waals surface area contributed by atoms with Crippen LogP contribution >= 0.6 is 11.3 Å². The highest BCUT2D eigenvalue weighted by molar-refractivity contribution is 7.18. The number of allylic oxidation sites excluding steroid dienone is 1. The maximum Gasteiger partial charge on any atom is 0.260 e. The quantitative estimate of drug-likeness (QED) is 0.447. The maximum atomic E-state index is 12.8. The Morgan fingerprint density at radius 3 is 2.61 bits per heavy atom. The van der Waals surface area contributed by atoms with Crippen LogP contribution in [-0.4, -0.2) is 32.8 Å². The number of nitriles is 1. The minimum Gasteiger partial charge on any atom is -0.356 e. The number of rotatable bonds is 4. The lowest BCUT2D eigenvalue weighted by molar-refractivity contribution is 0.815. The first-order valence-corrected chi connectivity index (χ1v) is 11.8. The number of nitrogens with zero attached hydrogens (tertiary/aromatic N) is 5. The van der Waals surface area contributed by atoms with Crippen molar-refractivity contribution < 1.29 is 0 Å². The summed E-state index contributed by atoms with van der Waals surface area (Å²) in [5.74, 6) is 1.26. The van der Waals surface area contributed by atoms with Crippen LogP contribution in [0.3, 0.4) is 0 Å². The van der Waals surface area contributed by atoms with Gasteiger partial charge >= 0.3 is 0 Å². The van der Waals surface area contributed by atoms with Crippen molar-refractivity contribution in [2.45, 2.75) is 33.6 Å². The van der Waals surface area contributed by atoms with Crippen molar-refractivity contribution in [3.63, 3.8) is 0 Å². The fraction of sp³-hybridized carbons (Fsp3) is 0.280. The highest BCUT2D eigenvalue weighted by Gasteiger charge is 2.24. The Labute approximate surface area is 195 Å². The van der Waals surface area contributed by atoms with Crippen molar-refractivity contribution in [1.29, 1.82) is 5.26 Å². The molecule has 33 heavy (non-hydrogen) atoms. The number of benzene rings is 1. The molecule has 0 radical (unpaired) electrons. The third kappa shape index (κ3) is 3.64. The smallest absolute Gasteiger partial charge is 0.260 e. The predicted molar refractivity (Wildman–Crippen MR) is 133 cm³/mol. The number of aryl methyl sites for hydroxylation is 3. The van der Waals surface area contributed by atoms with Gasteiger partial charge in [-0.25, -0.2) is 9.67 Å². The molecule has 1 N–H and O–H groups in total. The highest BCUT2D eigenvalue weighted by atomic mass is 32.1. The predicted octanol–water partition coefficient (Wildman–Crippen LogP) is 4.76. The number of hydrogen-bond acceptors (Lipinski definition) is 6. The van der Waals surface area contributed by atoms with Gasteiger partial charge in [-0.2, -0.15) is 10.4 Å². The van der Waals surface area contributed by atoms with Gasteiger partial charge < -0.3 is 9.88 Å². The van der Waals surface area contributed by atoms with E-state index in [2.05, 4.69) is 20.9 Å². The van der Waals surface area contributed by atoms with Crippen LogP contribution in [0.1, 0.15) is 40.4 Å². The van der Waals surface area contributed by atoms with E-state index < -0.39 is 0 Å². The van der Waals surface area contributed by atoms with Crippen LogP contribution in [-0.2, 0) is 0 Å². The molecule has 0 saturated carbocycles. The lowest BCUT2D eigenvalue weighted by Crippen LogP contribution is -2.22. The fourth-order valence-corrected chi connectivity index (χ4v) is 5.39. The second-order valence-electron chi connectivity index (χ2n) is 8.31. The van der Waals surface area contributed by atoms with Crippen LogP contribution in [0.15, 0.2) is 35.1 Å². The van der Waals surface area contributed by atoms with Crippen LogP contribution < -0.4 is 10.5 Å². The topological polar surface area (TPSA) is 90.6 Å². The average molecular weight is 457 g/mol. The first-order valence-electron chi connectivity index (χ1n) is 11.0. The van der Waals surface area contributed by atoms with Gasteiger partial charge in [0.25, 0.3) is 5.56 Å². The van der Waals surface area contributed by atoms with E-state index in [-0.39, 0.29) is 11.4 Å². The largest absolute Gasteiger partial charge is 0.356 e. The number of aromatic amines is 1. The van der Waals surface area contributed by atoms with Crippen LogP contribution in [0.2, 0.25) is 0 Å². The summed E-state index contributed by atoms with van der Waals surface area (Å²) < 4.78 is 1.95. The van der Waals surface area contributed by atoms with Crippen molar-refractivity contribution in [1.82, 2.24) is 19.7 Å². The van der Waals surface area contributed by atoms with E-state index in [9.17, 15) is 10.1 Å². The van der Waals surface area contributed by atoms with Gasteiger partial charge in [0.2, 0.25) is 0 Å². The van der Waals surface area contributed by atoms with Gasteiger partial charge in [-0.3, -0.25) is 4.79 Å². The fourth-order valence-electron chi connectivity index (χ4n) is 4.36. The Bertz CT molecular complexity index is 1480. The summed E-state index contributed by atoms with van der Waals surface area (Å²) in [7, 11) is 0.